The number of aliphatic carboxylic acids is 1. The Morgan fingerprint density at radius 2 is 1.68 bits per heavy atom. The van der Waals surface area contributed by atoms with Crippen molar-refractivity contribution in [1.29, 1.82) is 0 Å². The molecule has 1 atom stereocenters. The van der Waals surface area contributed by atoms with Crippen LogP contribution in [0.3, 0.4) is 0 Å². The first-order valence-corrected chi connectivity index (χ1v) is 14.3. The van der Waals surface area contributed by atoms with Crippen molar-refractivity contribution in [3.63, 3.8) is 0 Å². The lowest BCUT2D eigenvalue weighted by Gasteiger charge is -2.46. The van der Waals surface area contributed by atoms with Gasteiger partial charge in [-0.3, -0.25) is 9.69 Å². The molecule has 8 heteroatoms. The Morgan fingerprint density at radius 3 is 2.40 bits per heavy atom. The lowest BCUT2D eigenvalue weighted by molar-refractivity contribution is -0.137. The van der Waals surface area contributed by atoms with Crippen LogP contribution in [0, 0.1) is 5.92 Å². The van der Waals surface area contributed by atoms with Crippen LogP contribution in [0.15, 0.2) is 67.0 Å². The van der Waals surface area contributed by atoms with Crippen LogP contribution in [0.4, 0.5) is 0 Å². The van der Waals surface area contributed by atoms with E-state index >= 15 is 0 Å². The first kappa shape index (κ1) is 28.1. The highest BCUT2D eigenvalue weighted by Gasteiger charge is 2.40. The number of benzene rings is 2. The molecule has 8 nitrogen and oxygen atoms in total. The van der Waals surface area contributed by atoms with E-state index in [0.29, 0.717) is 31.6 Å². The molecule has 1 spiro atoms. The highest BCUT2D eigenvalue weighted by molar-refractivity contribution is 5.67. The van der Waals surface area contributed by atoms with E-state index in [1.165, 1.54) is 5.56 Å². The lowest BCUT2D eigenvalue weighted by Crippen LogP contribution is -2.49. The summed E-state index contributed by atoms with van der Waals surface area (Å²) in [4.78, 5) is 21.6. The number of aromatic nitrogens is 2. The number of rotatable bonds is 12. The van der Waals surface area contributed by atoms with Gasteiger partial charge >= 0.3 is 12.0 Å². The van der Waals surface area contributed by atoms with E-state index in [-0.39, 0.29) is 12.0 Å². The summed E-state index contributed by atoms with van der Waals surface area (Å²) in [5.41, 5.74) is 3.45. The molecular weight excluding hydrogens is 506 g/mol. The summed E-state index contributed by atoms with van der Waals surface area (Å²) < 4.78 is 18.0. The fraction of sp³-hybridized carbons (Fsp3) is 0.469. The molecule has 3 heterocycles. The molecule has 5 rings (SSSR count). The van der Waals surface area contributed by atoms with E-state index in [9.17, 15) is 4.79 Å². The third-order valence-electron chi connectivity index (χ3n) is 8.05. The van der Waals surface area contributed by atoms with Gasteiger partial charge < -0.3 is 19.3 Å². The number of piperidine rings is 1. The zero-order valence-electron chi connectivity index (χ0n) is 23.0. The molecule has 1 N–H and O–H groups in total. The molecule has 1 aromatic heterocycles. The van der Waals surface area contributed by atoms with Gasteiger partial charge in [0.1, 0.15) is 12.4 Å². The summed E-state index contributed by atoms with van der Waals surface area (Å²) in [6.07, 6.45) is 9.46. The Hall–Kier alpha value is -3.49. The number of carbonyl (C=O) groups is 1. The number of hydrogen-bond acceptors (Lipinski definition) is 7. The number of hydrogen-bond donors (Lipinski definition) is 1. The fourth-order valence-corrected chi connectivity index (χ4v) is 5.69. The zero-order chi connectivity index (χ0) is 27.6. The van der Waals surface area contributed by atoms with Crippen molar-refractivity contribution in [1.82, 2.24) is 14.9 Å². The third kappa shape index (κ3) is 8.26. The molecule has 0 bridgehead atoms. The molecule has 2 aliphatic rings. The predicted octanol–water partition coefficient (Wildman–Crippen LogP) is 5.30. The second-order valence-corrected chi connectivity index (χ2v) is 11.0. The molecule has 2 aromatic carbocycles. The number of ether oxygens (including phenoxy) is 3. The quantitative estimate of drug-likeness (QED) is 0.328. The predicted molar refractivity (Wildman–Crippen MR) is 151 cm³/mol. The Kier molecular flexibility index (Phi) is 9.63. The van der Waals surface area contributed by atoms with Crippen LogP contribution < -0.4 is 9.47 Å². The van der Waals surface area contributed by atoms with Gasteiger partial charge in [-0.15, -0.1) is 0 Å². The minimum atomic E-state index is -0.780. The van der Waals surface area contributed by atoms with Gasteiger partial charge in [0.15, 0.2) is 0 Å². The summed E-state index contributed by atoms with van der Waals surface area (Å²) in [7, 11) is 0. The molecule has 40 heavy (non-hydrogen) atoms. The number of likely N-dealkylation sites (tertiary alicyclic amines) is 1. The number of aryl methyl sites for hydroxylation is 1. The molecule has 0 aliphatic carbocycles. The van der Waals surface area contributed by atoms with Gasteiger partial charge in [-0.05, 0) is 79.3 Å². The largest absolute Gasteiger partial charge is 0.489 e. The molecule has 2 fully saturated rings. The average Bonchev–Trinajstić information content (AvgIpc) is 2.98. The molecule has 2 aliphatic heterocycles. The van der Waals surface area contributed by atoms with Crippen molar-refractivity contribution < 1.29 is 24.1 Å². The van der Waals surface area contributed by atoms with E-state index in [0.717, 1.165) is 75.2 Å². The van der Waals surface area contributed by atoms with Crippen molar-refractivity contribution in [3.05, 3.63) is 83.7 Å². The fourth-order valence-electron chi connectivity index (χ4n) is 5.69. The standard InChI is InChI=1S/C32H39N3O5/c36-30(37)11-8-25-6-9-29(10-7-25)39-24-28-4-2-27(3-5-28)23-35-18-14-32(15-19-35)22-26(13-21-40-32)12-20-38-31-33-16-1-17-34-31/h1-7,9-10,16-17,26H,8,11-15,18-24H2,(H,36,37). The average molecular weight is 546 g/mol. The van der Waals surface area contributed by atoms with Gasteiger partial charge in [-0.2, -0.15) is 0 Å². The molecular formula is C32H39N3O5. The van der Waals surface area contributed by atoms with Gasteiger partial charge in [-0.1, -0.05) is 36.4 Å². The van der Waals surface area contributed by atoms with Crippen LogP contribution in [-0.4, -0.2) is 57.8 Å². The number of nitrogens with zero attached hydrogens (tertiary/aromatic N) is 3. The van der Waals surface area contributed by atoms with E-state index in [2.05, 4.69) is 39.1 Å². The summed E-state index contributed by atoms with van der Waals surface area (Å²) in [5.74, 6) is 0.626. The maximum atomic E-state index is 10.7. The smallest absolute Gasteiger partial charge is 0.316 e. The summed E-state index contributed by atoms with van der Waals surface area (Å²) in [5, 5.41) is 8.83. The minimum Gasteiger partial charge on any atom is -0.489 e. The van der Waals surface area contributed by atoms with Crippen molar-refractivity contribution in [2.45, 2.75) is 63.7 Å². The van der Waals surface area contributed by atoms with Crippen molar-refractivity contribution in [3.8, 4) is 11.8 Å². The van der Waals surface area contributed by atoms with Crippen LogP contribution in [0.1, 0.15) is 55.2 Å². The van der Waals surface area contributed by atoms with Crippen LogP contribution in [0.2, 0.25) is 0 Å². The van der Waals surface area contributed by atoms with E-state index in [4.69, 9.17) is 19.3 Å². The second-order valence-electron chi connectivity index (χ2n) is 11.0. The van der Waals surface area contributed by atoms with Gasteiger partial charge in [0.05, 0.1) is 12.2 Å². The molecule has 0 amide bonds. The van der Waals surface area contributed by atoms with Crippen LogP contribution >= 0.6 is 0 Å². The molecule has 0 saturated carbocycles. The van der Waals surface area contributed by atoms with Crippen molar-refractivity contribution >= 4 is 5.97 Å². The SMILES string of the molecule is O=C(O)CCc1ccc(OCc2ccc(CN3CCC4(CC3)CC(CCOc3ncccn3)CCO4)cc2)cc1. The van der Waals surface area contributed by atoms with Crippen molar-refractivity contribution in [2.24, 2.45) is 5.92 Å². The van der Waals surface area contributed by atoms with Gasteiger partial charge in [0, 0.05) is 45.1 Å². The first-order valence-electron chi connectivity index (χ1n) is 14.3. The van der Waals surface area contributed by atoms with Crippen LogP contribution in [0.5, 0.6) is 11.8 Å². The third-order valence-corrected chi connectivity index (χ3v) is 8.05. The number of carboxylic acids is 1. The molecule has 1 unspecified atom stereocenters. The summed E-state index contributed by atoms with van der Waals surface area (Å²) >= 11 is 0. The molecule has 212 valence electrons. The summed E-state index contributed by atoms with van der Waals surface area (Å²) in [6.45, 7) is 5.04. The maximum absolute atomic E-state index is 10.7. The van der Waals surface area contributed by atoms with Crippen LogP contribution in [0.25, 0.3) is 0 Å². The maximum Gasteiger partial charge on any atom is 0.316 e. The molecule has 3 aromatic rings. The highest BCUT2D eigenvalue weighted by Crippen LogP contribution is 2.39. The Bertz CT molecular complexity index is 1200. The lowest BCUT2D eigenvalue weighted by atomic mass is 9.78. The van der Waals surface area contributed by atoms with E-state index in [1.54, 1.807) is 18.5 Å². The molecule has 2 saturated heterocycles. The van der Waals surface area contributed by atoms with Crippen LogP contribution in [-0.2, 0) is 29.1 Å². The Morgan fingerprint density at radius 1 is 0.975 bits per heavy atom. The van der Waals surface area contributed by atoms with Crippen molar-refractivity contribution in [2.75, 3.05) is 26.3 Å². The zero-order valence-corrected chi connectivity index (χ0v) is 23.0. The monoisotopic (exact) mass is 545 g/mol. The van der Waals surface area contributed by atoms with E-state index in [1.807, 2.05) is 24.3 Å². The minimum absolute atomic E-state index is 0.0122. The van der Waals surface area contributed by atoms with Gasteiger partial charge in [0.2, 0.25) is 0 Å². The van der Waals surface area contributed by atoms with E-state index < -0.39 is 5.97 Å². The summed E-state index contributed by atoms with van der Waals surface area (Å²) in [6, 6.07) is 18.6. The Labute approximate surface area is 236 Å². The topological polar surface area (TPSA) is 94.0 Å². The van der Waals surface area contributed by atoms with Gasteiger partial charge in [0.25, 0.3) is 0 Å². The molecule has 0 radical (unpaired) electrons. The first-order chi connectivity index (χ1) is 19.6. The normalized spacial score (nSPS) is 18.9. The Balaban J connectivity index is 1.02. The number of carboxylic acid groups (broad SMARTS) is 1. The van der Waals surface area contributed by atoms with Gasteiger partial charge in [-0.25, -0.2) is 9.97 Å². The highest BCUT2D eigenvalue weighted by atomic mass is 16.5. The second kappa shape index (κ2) is 13.7.